The minimum Gasteiger partial charge on any atom is -0.504 e. The fourth-order valence-corrected chi connectivity index (χ4v) is 4.35. The first-order chi connectivity index (χ1) is 14.4. The Bertz CT molecular complexity index is 1240. The number of fused-ring (bicyclic) bond motifs is 4. The molecule has 8 nitrogen and oxygen atoms in total. The van der Waals surface area contributed by atoms with E-state index in [9.17, 15) is 14.7 Å². The second-order valence-electron chi connectivity index (χ2n) is 8.12. The Morgan fingerprint density at radius 2 is 2.10 bits per heavy atom. The van der Waals surface area contributed by atoms with Crippen LogP contribution in [0.3, 0.4) is 0 Å². The molecule has 156 valence electrons. The molecule has 0 amide bonds. The summed E-state index contributed by atoms with van der Waals surface area (Å²) in [6.45, 7) is 0.810. The highest BCUT2D eigenvalue weighted by Gasteiger charge is 2.25. The molecule has 8 heteroatoms. The fourth-order valence-electron chi connectivity index (χ4n) is 4.35. The average Bonchev–Trinajstić information content (AvgIpc) is 3.50. The molecule has 1 saturated carbocycles. The number of aryl methyl sites for hydroxylation is 2. The Morgan fingerprint density at radius 3 is 2.83 bits per heavy atom. The van der Waals surface area contributed by atoms with Gasteiger partial charge in [0, 0.05) is 47.4 Å². The van der Waals surface area contributed by atoms with Gasteiger partial charge in [-0.05, 0) is 55.9 Å². The summed E-state index contributed by atoms with van der Waals surface area (Å²) in [6.07, 6.45) is 2.90. The van der Waals surface area contributed by atoms with Crippen molar-refractivity contribution < 1.29 is 19.7 Å². The van der Waals surface area contributed by atoms with E-state index in [4.69, 9.17) is 5.11 Å². The molecule has 2 aromatic heterocycles. The molecule has 1 fully saturated rings. The largest absolute Gasteiger partial charge is 0.511 e. The summed E-state index contributed by atoms with van der Waals surface area (Å²) >= 11 is 0. The minimum absolute atomic E-state index is 0.397. The normalized spacial score (nSPS) is 15.5. The van der Waals surface area contributed by atoms with E-state index >= 15 is 0 Å². The second kappa shape index (κ2) is 6.91. The van der Waals surface area contributed by atoms with E-state index in [-0.39, 0.29) is 0 Å². The zero-order valence-electron chi connectivity index (χ0n) is 16.6. The Morgan fingerprint density at radius 1 is 1.30 bits per heavy atom. The first-order valence-corrected chi connectivity index (χ1v) is 10.2. The number of aromatic amines is 1. The quantitative estimate of drug-likeness (QED) is 0.492. The summed E-state index contributed by atoms with van der Waals surface area (Å²) in [7, 11) is 2.06. The molecule has 4 N–H and O–H groups in total. The van der Waals surface area contributed by atoms with Gasteiger partial charge in [0.15, 0.2) is 5.75 Å². The number of ether oxygens (including phenoxy) is 1. The number of aromatic nitrogens is 2. The van der Waals surface area contributed by atoms with Gasteiger partial charge in [0.2, 0.25) is 5.75 Å². The summed E-state index contributed by atoms with van der Waals surface area (Å²) in [5, 5.41) is 24.1. The van der Waals surface area contributed by atoms with Crippen molar-refractivity contribution in [1.29, 1.82) is 0 Å². The van der Waals surface area contributed by atoms with Gasteiger partial charge in [-0.25, -0.2) is 4.79 Å². The number of rotatable bonds is 4. The van der Waals surface area contributed by atoms with Gasteiger partial charge >= 0.3 is 6.16 Å². The SMILES string of the molecule is Cn1c(CNC2CC2)cc2cc3c(cc21)CCCc1c-3[nH]c(=O)c(OC(=O)O)c1O. The second-order valence-corrected chi connectivity index (χ2v) is 8.12. The number of nitrogens with zero attached hydrogens (tertiary/aromatic N) is 1. The van der Waals surface area contributed by atoms with Crippen LogP contribution in [0.2, 0.25) is 0 Å². The Kier molecular flexibility index (Phi) is 4.32. The van der Waals surface area contributed by atoms with Crippen molar-refractivity contribution in [3.05, 3.63) is 45.4 Å². The predicted molar refractivity (Wildman–Crippen MR) is 111 cm³/mol. The van der Waals surface area contributed by atoms with Gasteiger partial charge < -0.3 is 29.8 Å². The molecular formula is C22H23N3O5. The maximum absolute atomic E-state index is 12.4. The Labute approximate surface area is 172 Å². The molecule has 3 aromatic rings. The molecule has 1 aromatic carbocycles. The number of nitrogens with one attached hydrogen (secondary N) is 2. The molecule has 2 aliphatic rings. The van der Waals surface area contributed by atoms with E-state index < -0.39 is 23.2 Å². The van der Waals surface area contributed by atoms with Crippen LogP contribution in [-0.2, 0) is 26.4 Å². The van der Waals surface area contributed by atoms with Crippen LogP contribution < -0.4 is 15.6 Å². The molecule has 0 radical (unpaired) electrons. The molecular weight excluding hydrogens is 386 g/mol. The van der Waals surface area contributed by atoms with Crippen molar-refractivity contribution in [2.45, 2.75) is 44.7 Å². The molecule has 0 saturated heterocycles. The van der Waals surface area contributed by atoms with Crippen molar-refractivity contribution in [2.24, 2.45) is 7.05 Å². The number of H-pyrrole nitrogens is 1. The minimum atomic E-state index is -1.64. The zero-order chi connectivity index (χ0) is 21.0. The lowest BCUT2D eigenvalue weighted by atomic mass is 9.99. The molecule has 0 spiro atoms. The van der Waals surface area contributed by atoms with E-state index in [1.54, 1.807) is 0 Å². The van der Waals surface area contributed by atoms with Crippen LogP contribution >= 0.6 is 0 Å². The van der Waals surface area contributed by atoms with E-state index in [1.807, 2.05) is 6.07 Å². The van der Waals surface area contributed by atoms with Crippen LogP contribution in [-0.4, -0.2) is 32.0 Å². The van der Waals surface area contributed by atoms with Gasteiger partial charge in [-0.15, -0.1) is 0 Å². The molecule has 0 bridgehead atoms. The Hall–Kier alpha value is -3.26. The van der Waals surface area contributed by atoms with Crippen LogP contribution in [0.5, 0.6) is 11.5 Å². The van der Waals surface area contributed by atoms with Crippen LogP contribution in [0.25, 0.3) is 22.2 Å². The van der Waals surface area contributed by atoms with Crippen molar-refractivity contribution in [2.75, 3.05) is 0 Å². The zero-order valence-corrected chi connectivity index (χ0v) is 16.6. The lowest BCUT2D eigenvalue weighted by Crippen LogP contribution is -2.17. The van der Waals surface area contributed by atoms with Crippen LogP contribution in [0.15, 0.2) is 23.0 Å². The molecule has 0 unspecified atom stereocenters. The number of pyridine rings is 1. The van der Waals surface area contributed by atoms with Crippen LogP contribution in [0.4, 0.5) is 4.79 Å². The molecule has 30 heavy (non-hydrogen) atoms. The van der Waals surface area contributed by atoms with Gasteiger partial charge in [-0.3, -0.25) is 4.79 Å². The highest BCUT2D eigenvalue weighted by Crippen LogP contribution is 2.40. The summed E-state index contributed by atoms with van der Waals surface area (Å²) in [5.41, 5.74) is 4.55. The lowest BCUT2D eigenvalue weighted by molar-refractivity contribution is 0.142. The average molecular weight is 409 g/mol. The summed E-state index contributed by atoms with van der Waals surface area (Å²) < 4.78 is 6.72. The third kappa shape index (κ3) is 3.13. The lowest BCUT2D eigenvalue weighted by Gasteiger charge is -2.13. The summed E-state index contributed by atoms with van der Waals surface area (Å²) in [4.78, 5) is 26.1. The molecule has 2 aliphatic carbocycles. The van der Waals surface area contributed by atoms with Gasteiger partial charge in [-0.2, -0.15) is 0 Å². The van der Waals surface area contributed by atoms with Crippen molar-refractivity contribution in [3.63, 3.8) is 0 Å². The Balaban J connectivity index is 1.64. The number of carbonyl (C=O) groups is 1. The smallest absolute Gasteiger partial charge is 0.504 e. The maximum Gasteiger partial charge on any atom is 0.511 e. The molecule has 5 rings (SSSR count). The molecule has 2 heterocycles. The van der Waals surface area contributed by atoms with Crippen LogP contribution in [0, 0.1) is 0 Å². The van der Waals surface area contributed by atoms with Gasteiger partial charge in [0.1, 0.15) is 0 Å². The third-order valence-corrected chi connectivity index (χ3v) is 6.10. The summed E-state index contributed by atoms with van der Waals surface area (Å²) in [5.74, 6) is -0.967. The third-order valence-electron chi connectivity index (χ3n) is 6.10. The van der Waals surface area contributed by atoms with Gasteiger partial charge in [0.25, 0.3) is 5.56 Å². The van der Waals surface area contributed by atoms with E-state index in [0.717, 1.165) is 41.4 Å². The number of aromatic hydroxyl groups is 1. The number of carboxylic acid groups (broad SMARTS) is 1. The van der Waals surface area contributed by atoms with Crippen LogP contribution in [0.1, 0.15) is 36.1 Å². The van der Waals surface area contributed by atoms with E-state index in [1.165, 1.54) is 18.5 Å². The maximum atomic E-state index is 12.4. The fraction of sp³-hybridized carbons (Fsp3) is 0.364. The first kappa shape index (κ1) is 18.7. The molecule has 0 atom stereocenters. The van der Waals surface area contributed by atoms with E-state index in [2.05, 4.69) is 38.8 Å². The number of hydrogen-bond acceptors (Lipinski definition) is 5. The number of hydrogen-bond donors (Lipinski definition) is 4. The highest BCUT2D eigenvalue weighted by molar-refractivity contribution is 5.89. The topological polar surface area (TPSA) is 117 Å². The van der Waals surface area contributed by atoms with Gasteiger partial charge in [-0.1, -0.05) is 0 Å². The first-order valence-electron chi connectivity index (χ1n) is 10.2. The predicted octanol–water partition coefficient (Wildman–Crippen LogP) is 3.04. The summed E-state index contributed by atoms with van der Waals surface area (Å²) in [6, 6.07) is 6.97. The van der Waals surface area contributed by atoms with Crippen molar-refractivity contribution >= 4 is 17.1 Å². The standard InChI is InChI=1S/C22H23N3O5/c1-25-14(10-23-13-5-6-13)7-12-8-16-11(9-17(12)25)3-2-4-15-18(16)24-21(27)20(19(15)26)30-22(28)29/h7-9,13,23H,2-6,10H2,1H3,(H,28,29)(H2,24,26,27). The highest BCUT2D eigenvalue weighted by atomic mass is 16.7. The van der Waals surface area contributed by atoms with Crippen molar-refractivity contribution in [3.8, 4) is 22.8 Å². The molecule has 0 aliphatic heterocycles. The monoisotopic (exact) mass is 409 g/mol. The number of benzene rings is 1. The van der Waals surface area contributed by atoms with Gasteiger partial charge in [0.05, 0.1) is 5.69 Å². The van der Waals surface area contributed by atoms with E-state index in [0.29, 0.717) is 23.7 Å². The van der Waals surface area contributed by atoms with Crippen molar-refractivity contribution in [1.82, 2.24) is 14.9 Å².